The normalized spacial score (nSPS) is 24.3. The third kappa shape index (κ3) is 5.04. The molecule has 0 bridgehead atoms. The largest absolute Gasteiger partial charge is 0.756 e. The van der Waals surface area contributed by atoms with Gasteiger partial charge in [-0.2, -0.15) is 0 Å². The van der Waals surface area contributed by atoms with Crippen molar-refractivity contribution in [2.75, 3.05) is 20.9 Å². The molecular weight excluding hydrogens is 342 g/mol. The summed E-state index contributed by atoms with van der Waals surface area (Å²) in [5, 5.41) is 0. The van der Waals surface area contributed by atoms with Crippen LogP contribution in [0, 0.1) is 0 Å². The molecule has 0 spiro atoms. The Morgan fingerprint density at radius 3 is 1.17 bits per heavy atom. The van der Waals surface area contributed by atoms with E-state index in [-0.39, 0.29) is 0 Å². The molecule has 0 atom stereocenters. The Labute approximate surface area is 149 Å². The third-order valence-electron chi connectivity index (χ3n) is 6.78. The molecule has 24 heavy (non-hydrogen) atoms. The lowest BCUT2D eigenvalue weighted by Gasteiger charge is -2.39. The maximum Gasteiger partial charge on any atom is 0.267 e. The lowest BCUT2D eigenvalue weighted by molar-refractivity contribution is -0.220. The molecular formula is C18H36O4P2. The predicted octanol–water partition coefficient (Wildman–Crippen LogP) is 5.21. The first-order valence-electron chi connectivity index (χ1n) is 9.72. The molecule has 0 radical (unpaired) electrons. The van der Waals surface area contributed by atoms with Gasteiger partial charge in [0.15, 0.2) is 0 Å². The van der Waals surface area contributed by atoms with Crippen molar-refractivity contribution in [1.29, 1.82) is 0 Å². The van der Waals surface area contributed by atoms with Crippen LogP contribution < -0.4 is 4.89 Å². The van der Waals surface area contributed by atoms with Gasteiger partial charge in [0.2, 0.25) is 0 Å². The van der Waals surface area contributed by atoms with E-state index in [1.54, 1.807) is 77.0 Å². The maximum atomic E-state index is 9.95. The van der Waals surface area contributed by atoms with E-state index in [0.717, 1.165) is 14.2 Å². The molecule has 3 fully saturated rings. The van der Waals surface area contributed by atoms with Crippen LogP contribution in [0.2, 0.25) is 0 Å². The number of hydrogen-bond donors (Lipinski definition) is 0. The van der Waals surface area contributed by atoms with Gasteiger partial charge >= 0.3 is 0 Å². The fraction of sp³-hybridized carbons (Fsp3) is 1.00. The van der Waals surface area contributed by atoms with Crippen molar-refractivity contribution in [2.24, 2.45) is 0 Å². The maximum absolute atomic E-state index is 9.95. The summed E-state index contributed by atoms with van der Waals surface area (Å²) in [6.07, 6.45) is 19.0. The van der Waals surface area contributed by atoms with Gasteiger partial charge in [-0.3, -0.25) is 4.57 Å². The fourth-order valence-electron chi connectivity index (χ4n) is 5.35. The van der Waals surface area contributed by atoms with Crippen LogP contribution in [0.5, 0.6) is 0 Å². The molecule has 3 rings (SSSR count). The minimum Gasteiger partial charge on any atom is -0.756 e. The van der Waals surface area contributed by atoms with E-state index >= 15 is 0 Å². The van der Waals surface area contributed by atoms with Gasteiger partial charge in [-0.25, -0.2) is 0 Å². The van der Waals surface area contributed by atoms with E-state index in [4.69, 9.17) is 0 Å². The Hall–Kier alpha value is 0.540. The monoisotopic (exact) mass is 378 g/mol. The average molecular weight is 378 g/mol. The summed E-state index contributed by atoms with van der Waals surface area (Å²) in [5.41, 5.74) is 3.61. The van der Waals surface area contributed by atoms with Gasteiger partial charge in [0.05, 0.1) is 17.0 Å². The lowest BCUT2D eigenvalue weighted by atomic mass is 10.3. The molecule has 0 heterocycles. The number of phosphoric ester groups is 1. The van der Waals surface area contributed by atoms with Crippen molar-refractivity contribution in [2.45, 2.75) is 94.0 Å². The standard InChI is InChI=1S/C16H30P.C2H7O4P/c1-17(14-8-2-3-9-14,15-10-4-5-11-15)16-12-6-7-13-16;1-5-7(3,4)6-2/h14-16H,2-13H2,1H3;1-2H3,(H,3,4)/q+1;/p-1. The van der Waals surface area contributed by atoms with E-state index in [9.17, 15) is 9.46 Å². The van der Waals surface area contributed by atoms with Crippen LogP contribution in [0.25, 0.3) is 0 Å². The van der Waals surface area contributed by atoms with E-state index in [1.165, 1.54) is 17.0 Å². The summed E-state index contributed by atoms with van der Waals surface area (Å²) >= 11 is 0. The van der Waals surface area contributed by atoms with E-state index in [0.29, 0.717) is 0 Å². The van der Waals surface area contributed by atoms with E-state index in [1.807, 2.05) is 0 Å². The second-order valence-corrected chi connectivity index (χ2v) is 14.1. The molecule has 0 aromatic rings. The Morgan fingerprint density at radius 1 is 0.750 bits per heavy atom. The minimum atomic E-state index is -3.90. The SMILES string of the molecule is COP(=O)([O-])OC.C[P+](C1CCCC1)(C1CCCC1)C1CCCC1. The number of phosphoric acid groups is 1. The van der Waals surface area contributed by atoms with Crippen LogP contribution in [0.3, 0.4) is 0 Å². The summed E-state index contributed by atoms with van der Waals surface area (Å²) in [4.78, 5) is 9.95. The number of rotatable bonds is 5. The second-order valence-electron chi connectivity index (χ2n) is 7.85. The summed E-state index contributed by atoms with van der Waals surface area (Å²) in [6.45, 7) is 2.83. The molecule has 6 heteroatoms. The van der Waals surface area contributed by atoms with Crippen LogP contribution in [-0.2, 0) is 13.6 Å². The van der Waals surface area contributed by atoms with Crippen molar-refractivity contribution in [1.82, 2.24) is 0 Å². The second kappa shape index (κ2) is 9.47. The summed E-state index contributed by atoms with van der Waals surface area (Å²) < 4.78 is 17.7. The predicted molar refractivity (Wildman–Crippen MR) is 101 cm³/mol. The zero-order valence-electron chi connectivity index (χ0n) is 15.7. The van der Waals surface area contributed by atoms with Crippen molar-refractivity contribution in [3.63, 3.8) is 0 Å². The van der Waals surface area contributed by atoms with Gasteiger partial charge in [-0.15, -0.1) is 0 Å². The summed E-state index contributed by atoms with van der Waals surface area (Å²) in [5.74, 6) is 0. The summed E-state index contributed by atoms with van der Waals surface area (Å²) in [7, 11) is -2.44. The molecule has 3 aliphatic carbocycles. The zero-order valence-corrected chi connectivity index (χ0v) is 17.5. The molecule has 0 aliphatic heterocycles. The smallest absolute Gasteiger partial charge is 0.267 e. The Bertz CT molecular complexity index is 362. The highest BCUT2D eigenvalue weighted by molar-refractivity contribution is 7.77. The molecule has 0 aromatic carbocycles. The fourth-order valence-corrected chi connectivity index (χ4v) is 11.7. The van der Waals surface area contributed by atoms with Gasteiger partial charge < -0.3 is 13.9 Å². The topological polar surface area (TPSA) is 58.6 Å². The molecule has 0 saturated heterocycles. The van der Waals surface area contributed by atoms with Gasteiger partial charge in [-0.1, -0.05) is 0 Å². The van der Waals surface area contributed by atoms with Crippen LogP contribution in [0.15, 0.2) is 0 Å². The van der Waals surface area contributed by atoms with Crippen molar-refractivity contribution < 1.29 is 18.5 Å². The van der Waals surface area contributed by atoms with Crippen LogP contribution >= 0.6 is 15.1 Å². The van der Waals surface area contributed by atoms with E-state index < -0.39 is 15.1 Å². The molecule has 3 aliphatic rings. The molecule has 0 N–H and O–H groups in total. The van der Waals surface area contributed by atoms with Crippen LogP contribution in [0.1, 0.15) is 77.0 Å². The summed E-state index contributed by atoms with van der Waals surface area (Å²) in [6, 6.07) is 0. The Kier molecular flexibility index (Phi) is 8.22. The van der Waals surface area contributed by atoms with E-state index in [2.05, 4.69) is 15.7 Å². The van der Waals surface area contributed by atoms with Crippen molar-refractivity contribution >= 4 is 15.1 Å². The zero-order chi connectivity index (χ0) is 17.6. The first-order valence-corrected chi connectivity index (χ1v) is 13.6. The van der Waals surface area contributed by atoms with Crippen LogP contribution in [0.4, 0.5) is 0 Å². The molecule has 0 aromatic heterocycles. The molecule has 0 unspecified atom stereocenters. The van der Waals surface area contributed by atoms with Crippen molar-refractivity contribution in [3.8, 4) is 0 Å². The number of hydrogen-bond acceptors (Lipinski definition) is 4. The van der Waals surface area contributed by atoms with Gasteiger partial charge in [0.1, 0.15) is 0 Å². The molecule has 3 saturated carbocycles. The molecule has 4 nitrogen and oxygen atoms in total. The highest BCUT2D eigenvalue weighted by atomic mass is 31.2. The quantitative estimate of drug-likeness (QED) is 0.616. The lowest BCUT2D eigenvalue weighted by Crippen LogP contribution is -2.27. The van der Waals surface area contributed by atoms with Gasteiger partial charge in [0.25, 0.3) is 7.82 Å². The minimum absolute atomic E-state index is 0.612. The molecule has 142 valence electrons. The first-order chi connectivity index (χ1) is 11.4. The Balaban J connectivity index is 0.000000256. The van der Waals surface area contributed by atoms with Crippen LogP contribution in [-0.4, -0.2) is 37.9 Å². The van der Waals surface area contributed by atoms with Gasteiger partial charge in [-0.05, 0) is 77.0 Å². The highest BCUT2D eigenvalue weighted by Crippen LogP contribution is 2.75. The highest BCUT2D eigenvalue weighted by Gasteiger charge is 2.54. The first kappa shape index (κ1) is 20.8. The third-order valence-corrected chi connectivity index (χ3v) is 13.9. The average Bonchev–Trinajstić information content (AvgIpc) is 3.38. The van der Waals surface area contributed by atoms with Crippen molar-refractivity contribution in [3.05, 3.63) is 0 Å². The molecule has 0 amide bonds. The van der Waals surface area contributed by atoms with Gasteiger partial charge in [0, 0.05) is 28.1 Å². The Morgan fingerprint density at radius 2 is 1.00 bits per heavy atom.